The fourth-order valence-corrected chi connectivity index (χ4v) is 1.67. The molecule has 0 bridgehead atoms. The summed E-state index contributed by atoms with van der Waals surface area (Å²) in [7, 11) is 0. The number of carbonyl (C=O) groups is 1. The van der Waals surface area contributed by atoms with E-state index in [-0.39, 0.29) is 6.61 Å². The van der Waals surface area contributed by atoms with Gasteiger partial charge in [-0.2, -0.15) is 5.10 Å². The van der Waals surface area contributed by atoms with E-state index in [0.29, 0.717) is 16.9 Å². The van der Waals surface area contributed by atoms with Crippen LogP contribution in [0.5, 0.6) is 0 Å². The maximum Gasteiger partial charge on any atom is 0.344 e. The number of esters is 1. The van der Waals surface area contributed by atoms with Gasteiger partial charge < -0.3 is 4.74 Å². The predicted octanol–water partition coefficient (Wildman–Crippen LogP) is 1.48. The van der Waals surface area contributed by atoms with Crippen molar-refractivity contribution in [3.05, 3.63) is 60.3 Å². The molecule has 0 aliphatic rings. The molecule has 19 heavy (non-hydrogen) atoms. The van der Waals surface area contributed by atoms with Crippen molar-refractivity contribution < 1.29 is 9.53 Å². The van der Waals surface area contributed by atoms with Gasteiger partial charge in [0.1, 0.15) is 12.2 Å². The van der Waals surface area contributed by atoms with Crippen molar-refractivity contribution in [2.24, 2.45) is 0 Å². The summed E-state index contributed by atoms with van der Waals surface area (Å²) in [4.78, 5) is 20.1. The van der Waals surface area contributed by atoms with Gasteiger partial charge in [0.2, 0.25) is 0 Å². The van der Waals surface area contributed by atoms with Gasteiger partial charge in [0.15, 0.2) is 5.65 Å². The number of nitrogens with zero attached hydrogens (tertiary/aromatic N) is 4. The zero-order valence-electron chi connectivity index (χ0n) is 9.93. The van der Waals surface area contributed by atoms with Crippen LogP contribution in [0.4, 0.5) is 0 Å². The molecule has 0 saturated carbocycles. The van der Waals surface area contributed by atoms with Crippen LogP contribution in [-0.2, 0) is 11.3 Å². The van der Waals surface area contributed by atoms with E-state index in [9.17, 15) is 4.79 Å². The highest BCUT2D eigenvalue weighted by atomic mass is 16.5. The molecule has 94 valence electrons. The first kappa shape index (κ1) is 11.3. The van der Waals surface area contributed by atoms with Gasteiger partial charge in [-0.15, -0.1) is 0 Å². The average molecular weight is 254 g/mol. The Kier molecular flexibility index (Phi) is 2.89. The zero-order valence-corrected chi connectivity index (χ0v) is 9.93. The first-order valence-electron chi connectivity index (χ1n) is 5.70. The third kappa shape index (κ3) is 2.28. The summed E-state index contributed by atoms with van der Waals surface area (Å²) in [6.07, 6.45) is 6.42. The highest BCUT2D eigenvalue weighted by molar-refractivity contribution is 5.95. The van der Waals surface area contributed by atoms with Crippen LogP contribution < -0.4 is 0 Å². The van der Waals surface area contributed by atoms with E-state index < -0.39 is 5.97 Å². The molecule has 0 spiro atoms. The number of hydrogen-bond acceptors (Lipinski definition) is 5. The lowest BCUT2D eigenvalue weighted by Crippen LogP contribution is -2.06. The van der Waals surface area contributed by atoms with E-state index in [2.05, 4.69) is 15.1 Å². The Morgan fingerprint density at radius 2 is 2.11 bits per heavy atom. The van der Waals surface area contributed by atoms with E-state index in [1.54, 1.807) is 36.8 Å². The van der Waals surface area contributed by atoms with E-state index in [1.165, 1.54) is 10.7 Å². The molecule has 0 aliphatic carbocycles. The third-order valence-electron chi connectivity index (χ3n) is 2.58. The van der Waals surface area contributed by atoms with Crippen molar-refractivity contribution in [1.82, 2.24) is 19.6 Å². The smallest absolute Gasteiger partial charge is 0.344 e. The lowest BCUT2D eigenvalue weighted by molar-refractivity contribution is 0.0470. The second-order valence-electron chi connectivity index (χ2n) is 3.84. The first-order valence-corrected chi connectivity index (χ1v) is 5.70. The minimum atomic E-state index is -0.459. The van der Waals surface area contributed by atoms with Crippen LogP contribution >= 0.6 is 0 Å². The van der Waals surface area contributed by atoms with Gasteiger partial charge in [-0.25, -0.2) is 14.3 Å². The Labute approximate surface area is 108 Å². The fourth-order valence-electron chi connectivity index (χ4n) is 1.67. The molecule has 0 N–H and O–H groups in total. The van der Waals surface area contributed by atoms with Crippen molar-refractivity contribution in [3.63, 3.8) is 0 Å². The van der Waals surface area contributed by atoms with Crippen LogP contribution in [0.15, 0.2) is 49.1 Å². The zero-order chi connectivity index (χ0) is 13.1. The number of rotatable bonds is 3. The molecule has 3 rings (SSSR count). The molecule has 0 fully saturated rings. The normalized spacial score (nSPS) is 10.5. The number of ether oxygens (including phenoxy) is 1. The van der Waals surface area contributed by atoms with Gasteiger partial charge in [-0.05, 0) is 18.2 Å². The molecular weight excluding hydrogens is 244 g/mol. The number of fused-ring (bicyclic) bond motifs is 1. The van der Waals surface area contributed by atoms with Crippen LogP contribution in [-0.4, -0.2) is 25.6 Å². The van der Waals surface area contributed by atoms with Gasteiger partial charge >= 0.3 is 5.97 Å². The van der Waals surface area contributed by atoms with Gasteiger partial charge in [0.25, 0.3) is 0 Å². The van der Waals surface area contributed by atoms with E-state index in [1.807, 2.05) is 6.07 Å². The molecule has 0 saturated heterocycles. The van der Waals surface area contributed by atoms with Crippen LogP contribution in [0.1, 0.15) is 16.1 Å². The average Bonchev–Trinajstić information content (AvgIpc) is 2.90. The SMILES string of the molecule is O=C(OCc1ccccn1)c1cnn2cccnc12. The maximum atomic E-state index is 11.9. The van der Waals surface area contributed by atoms with E-state index in [0.717, 1.165) is 0 Å². The highest BCUT2D eigenvalue weighted by Crippen LogP contribution is 2.09. The summed E-state index contributed by atoms with van der Waals surface area (Å²) < 4.78 is 6.71. The second-order valence-corrected chi connectivity index (χ2v) is 3.84. The topological polar surface area (TPSA) is 69.4 Å². The fraction of sp³-hybridized carbons (Fsp3) is 0.0769. The molecule has 6 heteroatoms. The molecule has 0 amide bonds. The van der Waals surface area contributed by atoms with Crippen molar-refractivity contribution in [2.75, 3.05) is 0 Å². The molecule has 3 heterocycles. The van der Waals surface area contributed by atoms with Crippen LogP contribution in [0, 0.1) is 0 Å². The lowest BCUT2D eigenvalue weighted by Gasteiger charge is -2.02. The van der Waals surface area contributed by atoms with Crippen LogP contribution in [0.3, 0.4) is 0 Å². The predicted molar refractivity (Wildman–Crippen MR) is 66.3 cm³/mol. The Balaban J connectivity index is 1.77. The number of carbonyl (C=O) groups excluding carboxylic acids is 1. The molecule has 0 unspecified atom stereocenters. The Hall–Kier alpha value is -2.76. The molecule has 0 radical (unpaired) electrons. The minimum Gasteiger partial charge on any atom is -0.455 e. The minimum absolute atomic E-state index is 0.129. The molecule has 6 nitrogen and oxygen atoms in total. The second kappa shape index (κ2) is 4.85. The van der Waals surface area contributed by atoms with Crippen molar-refractivity contribution >= 4 is 11.6 Å². The standard InChI is InChI=1S/C13H10N4O2/c18-13(19-9-10-4-1-2-5-14-10)11-8-16-17-7-3-6-15-12(11)17/h1-8H,9H2. The quantitative estimate of drug-likeness (QED) is 0.662. The Bertz CT molecular complexity index is 709. The van der Waals surface area contributed by atoms with Gasteiger partial charge in [0, 0.05) is 18.6 Å². The van der Waals surface area contributed by atoms with Crippen LogP contribution in [0.2, 0.25) is 0 Å². The summed E-state index contributed by atoms with van der Waals surface area (Å²) in [6, 6.07) is 7.18. The van der Waals surface area contributed by atoms with E-state index in [4.69, 9.17) is 4.74 Å². The van der Waals surface area contributed by atoms with Crippen molar-refractivity contribution in [1.29, 1.82) is 0 Å². The third-order valence-corrected chi connectivity index (χ3v) is 2.58. The molecule has 0 atom stereocenters. The van der Waals surface area contributed by atoms with Gasteiger partial charge in [-0.3, -0.25) is 4.98 Å². The Morgan fingerprint density at radius 3 is 2.95 bits per heavy atom. The van der Waals surface area contributed by atoms with Crippen LogP contribution in [0.25, 0.3) is 5.65 Å². The first-order chi connectivity index (χ1) is 9.34. The Morgan fingerprint density at radius 1 is 1.21 bits per heavy atom. The molecular formula is C13H10N4O2. The molecule has 0 aliphatic heterocycles. The summed E-state index contributed by atoms with van der Waals surface area (Å²) in [6.45, 7) is 0.129. The summed E-state index contributed by atoms with van der Waals surface area (Å²) >= 11 is 0. The molecule has 0 aromatic carbocycles. The lowest BCUT2D eigenvalue weighted by atomic mass is 10.3. The summed E-state index contributed by atoms with van der Waals surface area (Å²) in [5.74, 6) is -0.459. The van der Waals surface area contributed by atoms with Gasteiger partial charge in [-0.1, -0.05) is 6.07 Å². The monoisotopic (exact) mass is 254 g/mol. The molecule has 3 aromatic rings. The summed E-state index contributed by atoms with van der Waals surface area (Å²) in [5, 5.41) is 4.03. The number of pyridine rings is 1. The van der Waals surface area contributed by atoms with Crippen molar-refractivity contribution in [3.8, 4) is 0 Å². The highest BCUT2D eigenvalue weighted by Gasteiger charge is 2.15. The number of aromatic nitrogens is 4. The van der Waals surface area contributed by atoms with E-state index >= 15 is 0 Å². The van der Waals surface area contributed by atoms with Crippen molar-refractivity contribution in [2.45, 2.75) is 6.61 Å². The number of hydrogen-bond donors (Lipinski definition) is 0. The largest absolute Gasteiger partial charge is 0.455 e. The summed E-state index contributed by atoms with van der Waals surface area (Å²) in [5.41, 5.74) is 1.52. The molecule has 3 aromatic heterocycles. The maximum absolute atomic E-state index is 11.9. The van der Waals surface area contributed by atoms with Gasteiger partial charge in [0.05, 0.1) is 11.9 Å².